The van der Waals surface area contributed by atoms with Crippen molar-refractivity contribution in [3.05, 3.63) is 12.2 Å². The van der Waals surface area contributed by atoms with E-state index in [1.807, 2.05) is 6.92 Å². The second kappa shape index (κ2) is 7.72. The van der Waals surface area contributed by atoms with Crippen LogP contribution < -0.4 is 10.6 Å². The quantitative estimate of drug-likeness (QED) is 0.353. The second-order valence-electron chi connectivity index (χ2n) is 2.61. The highest BCUT2D eigenvalue weighted by Gasteiger charge is 1.86. The number of aliphatic hydroxyl groups is 1. The van der Waals surface area contributed by atoms with E-state index in [-0.39, 0.29) is 6.61 Å². The largest absolute Gasteiger partial charge is 0.395 e. The first-order valence-electron chi connectivity index (χ1n) is 3.94. The van der Waals surface area contributed by atoms with Crippen molar-refractivity contribution in [3.8, 4) is 0 Å². The van der Waals surface area contributed by atoms with Gasteiger partial charge in [0.25, 0.3) is 0 Å². The number of aliphatic hydroxyl groups excluding tert-OH is 1. The minimum absolute atomic E-state index is 0.209. The minimum Gasteiger partial charge on any atom is -0.395 e. The summed E-state index contributed by atoms with van der Waals surface area (Å²) in [5.74, 6) is 0. The molecule has 0 fully saturated rings. The lowest BCUT2D eigenvalue weighted by Crippen LogP contribution is -2.29. The minimum atomic E-state index is 0.209. The lowest BCUT2D eigenvalue weighted by atomic mass is 10.3. The second-order valence-corrected chi connectivity index (χ2v) is 2.61. The third kappa shape index (κ3) is 9.62. The Balaban J connectivity index is 2.85. The maximum absolute atomic E-state index is 8.41. The van der Waals surface area contributed by atoms with Crippen LogP contribution in [0.2, 0.25) is 0 Å². The molecule has 0 heterocycles. The Hall–Kier alpha value is -0.380. The monoisotopic (exact) mass is 158 g/mol. The van der Waals surface area contributed by atoms with Gasteiger partial charge in [0.1, 0.15) is 0 Å². The molecule has 0 aromatic heterocycles. The molecule has 0 aromatic rings. The van der Waals surface area contributed by atoms with Gasteiger partial charge in [0, 0.05) is 26.2 Å². The summed E-state index contributed by atoms with van der Waals surface area (Å²) in [5.41, 5.74) is 1.15. The van der Waals surface area contributed by atoms with Crippen molar-refractivity contribution < 1.29 is 5.11 Å². The van der Waals surface area contributed by atoms with Crippen LogP contribution in [0, 0.1) is 0 Å². The Kier molecular flexibility index (Phi) is 7.46. The molecule has 0 amide bonds. The van der Waals surface area contributed by atoms with Crippen molar-refractivity contribution >= 4 is 0 Å². The van der Waals surface area contributed by atoms with Crippen molar-refractivity contribution in [2.24, 2.45) is 0 Å². The van der Waals surface area contributed by atoms with E-state index in [1.165, 1.54) is 0 Å². The number of hydrogen-bond donors (Lipinski definition) is 3. The fraction of sp³-hybridized carbons (Fsp3) is 0.750. The number of nitrogens with one attached hydrogen (secondary N) is 2. The molecular weight excluding hydrogens is 140 g/mol. The topological polar surface area (TPSA) is 44.3 Å². The van der Waals surface area contributed by atoms with E-state index < -0.39 is 0 Å². The van der Waals surface area contributed by atoms with Gasteiger partial charge in [-0.2, -0.15) is 0 Å². The lowest BCUT2D eigenvalue weighted by Gasteiger charge is -2.04. The van der Waals surface area contributed by atoms with Gasteiger partial charge in [-0.3, -0.25) is 0 Å². The van der Waals surface area contributed by atoms with Gasteiger partial charge in [-0.1, -0.05) is 12.2 Å². The maximum Gasteiger partial charge on any atom is 0.0555 e. The van der Waals surface area contributed by atoms with Crippen LogP contribution in [0.4, 0.5) is 0 Å². The molecule has 66 valence electrons. The molecule has 0 spiro atoms. The van der Waals surface area contributed by atoms with Crippen molar-refractivity contribution in [1.29, 1.82) is 0 Å². The molecule has 0 aliphatic rings. The standard InChI is InChI=1S/C8H18N2O/c1-8(2)7-10-4-3-9-5-6-11/h9-11H,1,3-7H2,2H3. The summed E-state index contributed by atoms with van der Waals surface area (Å²) < 4.78 is 0. The summed E-state index contributed by atoms with van der Waals surface area (Å²) in [6.07, 6.45) is 0. The molecule has 0 saturated heterocycles. The van der Waals surface area contributed by atoms with Crippen LogP contribution in [0.25, 0.3) is 0 Å². The zero-order chi connectivity index (χ0) is 8.53. The highest BCUT2D eigenvalue weighted by molar-refractivity contribution is 4.90. The highest BCUT2D eigenvalue weighted by Crippen LogP contribution is 1.79. The Morgan fingerprint density at radius 1 is 1.27 bits per heavy atom. The molecule has 0 rings (SSSR count). The van der Waals surface area contributed by atoms with Crippen LogP contribution in [0.3, 0.4) is 0 Å². The Morgan fingerprint density at radius 3 is 2.45 bits per heavy atom. The molecule has 0 radical (unpaired) electrons. The van der Waals surface area contributed by atoms with E-state index in [9.17, 15) is 0 Å². The zero-order valence-corrected chi connectivity index (χ0v) is 7.19. The van der Waals surface area contributed by atoms with Gasteiger partial charge >= 0.3 is 0 Å². The van der Waals surface area contributed by atoms with E-state index >= 15 is 0 Å². The first kappa shape index (κ1) is 10.6. The normalized spacial score (nSPS) is 10.0. The summed E-state index contributed by atoms with van der Waals surface area (Å²) in [6.45, 7) is 9.34. The van der Waals surface area contributed by atoms with E-state index in [1.54, 1.807) is 0 Å². The highest BCUT2D eigenvalue weighted by atomic mass is 16.3. The predicted molar refractivity (Wildman–Crippen MR) is 47.6 cm³/mol. The maximum atomic E-state index is 8.41. The van der Waals surface area contributed by atoms with Gasteiger partial charge in [-0.15, -0.1) is 0 Å². The van der Waals surface area contributed by atoms with Gasteiger partial charge in [-0.25, -0.2) is 0 Å². The van der Waals surface area contributed by atoms with Crippen LogP contribution >= 0.6 is 0 Å². The Bertz CT molecular complexity index is 104. The molecule has 0 saturated carbocycles. The lowest BCUT2D eigenvalue weighted by molar-refractivity contribution is 0.292. The fourth-order valence-corrected chi connectivity index (χ4v) is 0.683. The summed E-state index contributed by atoms with van der Waals surface area (Å²) in [6, 6.07) is 0. The average Bonchev–Trinajstić information content (AvgIpc) is 1.96. The van der Waals surface area contributed by atoms with Crippen molar-refractivity contribution in [2.75, 3.05) is 32.8 Å². The first-order valence-corrected chi connectivity index (χ1v) is 3.94. The Morgan fingerprint density at radius 2 is 1.91 bits per heavy atom. The molecule has 11 heavy (non-hydrogen) atoms. The number of hydrogen-bond acceptors (Lipinski definition) is 3. The van der Waals surface area contributed by atoms with Gasteiger partial charge in [0.05, 0.1) is 6.61 Å². The molecule has 0 unspecified atom stereocenters. The van der Waals surface area contributed by atoms with Gasteiger partial charge in [0.15, 0.2) is 0 Å². The van der Waals surface area contributed by atoms with E-state index in [0.717, 1.165) is 25.2 Å². The van der Waals surface area contributed by atoms with Crippen LogP contribution in [0.15, 0.2) is 12.2 Å². The zero-order valence-electron chi connectivity index (χ0n) is 7.19. The molecule has 3 N–H and O–H groups in total. The van der Waals surface area contributed by atoms with Crippen LogP contribution in [-0.2, 0) is 0 Å². The molecular formula is C8H18N2O. The SMILES string of the molecule is C=C(C)CNCCNCCO. The summed E-state index contributed by atoms with van der Waals surface area (Å²) in [7, 11) is 0. The van der Waals surface area contributed by atoms with E-state index in [0.29, 0.717) is 6.54 Å². The summed E-state index contributed by atoms with van der Waals surface area (Å²) in [5, 5.41) is 14.7. The Labute approximate surface area is 68.5 Å². The van der Waals surface area contributed by atoms with Gasteiger partial charge < -0.3 is 15.7 Å². The molecule has 0 aromatic carbocycles. The first-order chi connectivity index (χ1) is 5.27. The van der Waals surface area contributed by atoms with Crippen molar-refractivity contribution in [1.82, 2.24) is 10.6 Å². The molecule has 0 aliphatic carbocycles. The molecule has 0 bridgehead atoms. The van der Waals surface area contributed by atoms with Gasteiger partial charge in [0.2, 0.25) is 0 Å². The number of rotatable bonds is 7. The molecule has 3 nitrogen and oxygen atoms in total. The van der Waals surface area contributed by atoms with Gasteiger partial charge in [-0.05, 0) is 6.92 Å². The van der Waals surface area contributed by atoms with Crippen LogP contribution in [0.5, 0.6) is 0 Å². The third-order valence-electron chi connectivity index (χ3n) is 1.19. The predicted octanol–water partition coefficient (Wildman–Crippen LogP) is -0.266. The average molecular weight is 158 g/mol. The fourth-order valence-electron chi connectivity index (χ4n) is 0.683. The van der Waals surface area contributed by atoms with Crippen molar-refractivity contribution in [2.45, 2.75) is 6.92 Å². The van der Waals surface area contributed by atoms with E-state index in [4.69, 9.17) is 5.11 Å². The summed E-state index contributed by atoms with van der Waals surface area (Å²) >= 11 is 0. The van der Waals surface area contributed by atoms with Crippen LogP contribution in [0.1, 0.15) is 6.92 Å². The van der Waals surface area contributed by atoms with Crippen molar-refractivity contribution in [3.63, 3.8) is 0 Å². The summed E-state index contributed by atoms with van der Waals surface area (Å²) in [4.78, 5) is 0. The molecule has 0 atom stereocenters. The smallest absolute Gasteiger partial charge is 0.0555 e. The molecule has 3 heteroatoms. The van der Waals surface area contributed by atoms with Crippen LogP contribution in [-0.4, -0.2) is 37.9 Å². The van der Waals surface area contributed by atoms with E-state index in [2.05, 4.69) is 17.2 Å². The third-order valence-corrected chi connectivity index (χ3v) is 1.19. The molecule has 0 aliphatic heterocycles.